The molecule has 1 aliphatic carbocycles. The lowest BCUT2D eigenvalue weighted by Crippen LogP contribution is -2.21. The van der Waals surface area contributed by atoms with E-state index < -0.39 is 11.4 Å². The minimum absolute atomic E-state index is 0.0964. The SMILES string of the molecule is O=C(O)C1(CO)CC1c1ccccc1O. The van der Waals surface area contributed by atoms with Crippen molar-refractivity contribution in [3.63, 3.8) is 0 Å². The van der Waals surface area contributed by atoms with E-state index in [1.54, 1.807) is 18.2 Å². The van der Waals surface area contributed by atoms with Crippen LogP contribution in [0.3, 0.4) is 0 Å². The first-order valence-corrected chi connectivity index (χ1v) is 4.74. The summed E-state index contributed by atoms with van der Waals surface area (Å²) >= 11 is 0. The monoisotopic (exact) mass is 208 g/mol. The predicted octanol–water partition coefficient (Wildman–Crippen LogP) is 0.943. The Morgan fingerprint density at radius 2 is 2.13 bits per heavy atom. The number of aliphatic hydroxyl groups is 1. The number of phenolic OH excluding ortho intramolecular Hbond substituents is 1. The highest BCUT2D eigenvalue weighted by Crippen LogP contribution is 2.60. The lowest BCUT2D eigenvalue weighted by Gasteiger charge is -2.09. The molecule has 0 bridgehead atoms. The highest BCUT2D eigenvalue weighted by molar-refractivity contribution is 5.81. The van der Waals surface area contributed by atoms with Crippen LogP contribution in [0.5, 0.6) is 5.75 Å². The van der Waals surface area contributed by atoms with Crippen LogP contribution in [0.4, 0.5) is 0 Å². The number of hydrogen-bond donors (Lipinski definition) is 3. The predicted molar refractivity (Wildman–Crippen MR) is 52.6 cm³/mol. The normalized spacial score (nSPS) is 28.7. The van der Waals surface area contributed by atoms with Gasteiger partial charge in [0.1, 0.15) is 5.75 Å². The van der Waals surface area contributed by atoms with Gasteiger partial charge >= 0.3 is 5.97 Å². The molecule has 0 aliphatic heterocycles. The molecule has 1 aromatic rings. The molecule has 1 aliphatic rings. The Labute approximate surface area is 86.8 Å². The maximum absolute atomic E-state index is 11.0. The Kier molecular flexibility index (Phi) is 2.16. The molecule has 1 aromatic carbocycles. The molecule has 1 fully saturated rings. The second-order valence-electron chi connectivity index (χ2n) is 3.93. The fourth-order valence-corrected chi connectivity index (χ4v) is 1.97. The summed E-state index contributed by atoms with van der Waals surface area (Å²) in [5, 5.41) is 27.6. The van der Waals surface area contributed by atoms with Gasteiger partial charge in [0.25, 0.3) is 0 Å². The van der Waals surface area contributed by atoms with Crippen molar-refractivity contribution < 1.29 is 20.1 Å². The van der Waals surface area contributed by atoms with Crippen LogP contribution < -0.4 is 0 Å². The first kappa shape index (κ1) is 9.98. The van der Waals surface area contributed by atoms with Gasteiger partial charge in [-0.2, -0.15) is 0 Å². The van der Waals surface area contributed by atoms with Crippen LogP contribution in [-0.2, 0) is 4.79 Å². The van der Waals surface area contributed by atoms with Gasteiger partial charge in [-0.05, 0) is 18.1 Å². The molecule has 2 unspecified atom stereocenters. The van der Waals surface area contributed by atoms with Crippen LogP contribution in [0.1, 0.15) is 17.9 Å². The van der Waals surface area contributed by atoms with Crippen LogP contribution in [0.25, 0.3) is 0 Å². The van der Waals surface area contributed by atoms with Crippen molar-refractivity contribution in [2.75, 3.05) is 6.61 Å². The summed E-state index contributed by atoms with van der Waals surface area (Å²) < 4.78 is 0. The molecule has 0 saturated heterocycles. The molecular formula is C11H12O4. The van der Waals surface area contributed by atoms with Crippen molar-refractivity contribution in [3.05, 3.63) is 29.8 Å². The van der Waals surface area contributed by atoms with Gasteiger partial charge in [0, 0.05) is 5.92 Å². The number of para-hydroxylation sites is 1. The first-order valence-electron chi connectivity index (χ1n) is 4.74. The fraction of sp³-hybridized carbons (Fsp3) is 0.364. The zero-order valence-corrected chi connectivity index (χ0v) is 8.05. The third-order valence-corrected chi connectivity index (χ3v) is 3.10. The number of carboxylic acids is 1. The number of aliphatic carboxylic acids is 1. The fourth-order valence-electron chi connectivity index (χ4n) is 1.97. The quantitative estimate of drug-likeness (QED) is 0.690. The number of benzene rings is 1. The van der Waals surface area contributed by atoms with E-state index in [1.807, 2.05) is 0 Å². The van der Waals surface area contributed by atoms with Gasteiger partial charge in [0.2, 0.25) is 0 Å². The molecule has 80 valence electrons. The minimum atomic E-state index is -1.08. The number of rotatable bonds is 3. The molecule has 0 amide bonds. The van der Waals surface area contributed by atoms with Crippen LogP contribution in [0.15, 0.2) is 24.3 Å². The van der Waals surface area contributed by atoms with E-state index in [-0.39, 0.29) is 18.3 Å². The Morgan fingerprint density at radius 1 is 1.47 bits per heavy atom. The van der Waals surface area contributed by atoms with Crippen molar-refractivity contribution in [2.24, 2.45) is 5.41 Å². The molecule has 0 radical (unpaired) electrons. The van der Waals surface area contributed by atoms with Gasteiger partial charge in [-0.1, -0.05) is 18.2 Å². The van der Waals surface area contributed by atoms with Crippen LogP contribution in [-0.4, -0.2) is 27.9 Å². The van der Waals surface area contributed by atoms with Gasteiger partial charge in [-0.3, -0.25) is 4.79 Å². The smallest absolute Gasteiger partial charge is 0.312 e. The van der Waals surface area contributed by atoms with E-state index >= 15 is 0 Å². The van der Waals surface area contributed by atoms with E-state index in [1.165, 1.54) is 6.07 Å². The summed E-state index contributed by atoms with van der Waals surface area (Å²) in [4.78, 5) is 11.0. The number of aromatic hydroxyl groups is 1. The second kappa shape index (κ2) is 3.24. The number of carbonyl (C=O) groups is 1. The summed E-state index contributed by atoms with van der Waals surface area (Å²) in [6.07, 6.45) is 0.385. The summed E-state index contributed by atoms with van der Waals surface area (Å²) in [6.45, 7) is -0.388. The van der Waals surface area contributed by atoms with Crippen LogP contribution >= 0.6 is 0 Å². The van der Waals surface area contributed by atoms with Gasteiger partial charge in [-0.25, -0.2) is 0 Å². The Balaban J connectivity index is 2.30. The summed E-state index contributed by atoms with van der Waals surface area (Å²) in [6, 6.07) is 6.65. The molecule has 0 aromatic heterocycles. The molecule has 1 saturated carbocycles. The molecule has 0 heterocycles. The van der Waals surface area contributed by atoms with Gasteiger partial charge < -0.3 is 15.3 Å². The highest BCUT2D eigenvalue weighted by atomic mass is 16.4. The van der Waals surface area contributed by atoms with E-state index in [4.69, 9.17) is 10.2 Å². The Morgan fingerprint density at radius 3 is 2.60 bits per heavy atom. The highest BCUT2D eigenvalue weighted by Gasteiger charge is 2.61. The number of phenols is 1. The average Bonchev–Trinajstić information content (AvgIpc) is 2.94. The number of hydrogen-bond acceptors (Lipinski definition) is 3. The zero-order chi connectivity index (χ0) is 11.1. The maximum Gasteiger partial charge on any atom is 0.312 e. The third kappa shape index (κ3) is 1.37. The standard InChI is InChI=1S/C11H12O4/c12-6-11(10(14)15)5-8(11)7-3-1-2-4-9(7)13/h1-4,8,12-13H,5-6H2,(H,14,15). The first-order chi connectivity index (χ1) is 7.12. The summed E-state index contributed by atoms with van der Waals surface area (Å²) in [5.74, 6) is -1.18. The summed E-state index contributed by atoms with van der Waals surface area (Å²) in [5.41, 5.74) is -0.479. The van der Waals surface area contributed by atoms with Gasteiger partial charge in [0.05, 0.1) is 12.0 Å². The lowest BCUT2D eigenvalue weighted by atomic mass is 9.99. The van der Waals surface area contributed by atoms with Crippen molar-refractivity contribution in [1.82, 2.24) is 0 Å². The zero-order valence-electron chi connectivity index (χ0n) is 8.05. The van der Waals surface area contributed by atoms with E-state index in [0.29, 0.717) is 12.0 Å². The molecule has 0 spiro atoms. The molecule has 15 heavy (non-hydrogen) atoms. The Bertz CT molecular complexity index is 401. The minimum Gasteiger partial charge on any atom is -0.508 e. The van der Waals surface area contributed by atoms with Gasteiger partial charge in [0.15, 0.2) is 0 Å². The topological polar surface area (TPSA) is 77.8 Å². The summed E-state index contributed by atoms with van der Waals surface area (Å²) in [7, 11) is 0. The van der Waals surface area contributed by atoms with Crippen LogP contribution in [0.2, 0.25) is 0 Å². The molecule has 3 N–H and O–H groups in total. The van der Waals surface area contributed by atoms with Gasteiger partial charge in [-0.15, -0.1) is 0 Å². The number of aliphatic hydroxyl groups excluding tert-OH is 1. The molecule has 2 atom stereocenters. The van der Waals surface area contributed by atoms with E-state index in [0.717, 1.165) is 0 Å². The molecule has 4 heteroatoms. The molecule has 4 nitrogen and oxygen atoms in total. The van der Waals surface area contributed by atoms with Crippen molar-refractivity contribution in [3.8, 4) is 5.75 Å². The molecular weight excluding hydrogens is 196 g/mol. The largest absolute Gasteiger partial charge is 0.508 e. The van der Waals surface area contributed by atoms with Crippen molar-refractivity contribution in [2.45, 2.75) is 12.3 Å². The lowest BCUT2D eigenvalue weighted by molar-refractivity contribution is -0.145. The number of carboxylic acid groups (broad SMARTS) is 1. The third-order valence-electron chi connectivity index (χ3n) is 3.10. The average molecular weight is 208 g/mol. The van der Waals surface area contributed by atoms with Crippen LogP contribution in [0, 0.1) is 5.41 Å². The van der Waals surface area contributed by atoms with E-state index in [2.05, 4.69) is 0 Å². The Hall–Kier alpha value is -1.55. The maximum atomic E-state index is 11.0. The van der Waals surface area contributed by atoms with Crippen molar-refractivity contribution >= 4 is 5.97 Å². The second-order valence-corrected chi connectivity index (χ2v) is 3.93. The van der Waals surface area contributed by atoms with E-state index in [9.17, 15) is 9.90 Å². The van der Waals surface area contributed by atoms with Crippen molar-refractivity contribution in [1.29, 1.82) is 0 Å². The molecule has 2 rings (SSSR count).